The molecule has 0 aliphatic rings. The van der Waals surface area contributed by atoms with Crippen molar-refractivity contribution in [3.05, 3.63) is 47.7 Å². The molecular weight excluding hydrogens is 232 g/mol. The third-order valence-electron chi connectivity index (χ3n) is 2.28. The first-order chi connectivity index (χ1) is 8.49. The van der Waals surface area contributed by atoms with E-state index in [1.807, 2.05) is 24.3 Å². The number of aliphatic carboxylic acids is 1. The Morgan fingerprint density at radius 2 is 2.00 bits per heavy atom. The van der Waals surface area contributed by atoms with Gasteiger partial charge in [-0.2, -0.15) is 0 Å². The van der Waals surface area contributed by atoms with E-state index in [1.165, 1.54) is 0 Å². The molecule has 5 nitrogen and oxygen atoms in total. The van der Waals surface area contributed by atoms with E-state index in [1.54, 1.807) is 6.92 Å². The number of nitrogens with one attached hydrogen (secondary N) is 1. The first-order valence-corrected chi connectivity index (χ1v) is 5.58. The average Bonchev–Trinajstić information content (AvgIpc) is 2.30. The Hall–Kier alpha value is -1.85. The molecule has 1 aromatic rings. The number of allylic oxidation sites excluding steroid dienone is 1. The summed E-state index contributed by atoms with van der Waals surface area (Å²) in [5.41, 5.74) is 10.7. The molecule has 4 N–H and O–H groups in total. The number of hydrogen-bond donors (Lipinski definition) is 3. The summed E-state index contributed by atoms with van der Waals surface area (Å²) in [6, 6.07) is 6.59. The van der Waals surface area contributed by atoms with Crippen LogP contribution in [0.5, 0.6) is 0 Å². The van der Waals surface area contributed by atoms with Crippen molar-refractivity contribution >= 4 is 5.97 Å². The zero-order chi connectivity index (χ0) is 13.5. The minimum atomic E-state index is -0.993. The van der Waals surface area contributed by atoms with Crippen molar-refractivity contribution in [3.63, 3.8) is 0 Å². The SMILES string of the molecule is C=C(C)NOCc1ccc(CC(N)C(=O)O)cc1. The summed E-state index contributed by atoms with van der Waals surface area (Å²) in [7, 11) is 0. The number of carbonyl (C=O) groups is 1. The van der Waals surface area contributed by atoms with Crippen LogP contribution in [0.3, 0.4) is 0 Å². The van der Waals surface area contributed by atoms with E-state index in [4.69, 9.17) is 15.7 Å². The zero-order valence-electron chi connectivity index (χ0n) is 10.3. The van der Waals surface area contributed by atoms with Gasteiger partial charge in [-0.1, -0.05) is 30.8 Å². The molecule has 98 valence electrons. The van der Waals surface area contributed by atoms with Gasteiger partial charge in [0.25, 0.3) is 0 Å². The number of nitrogens with two attached hydrogens (primary N) is 1. The number of hydroxylamine groups is 1. The molecule has 0 bridgehead atoms. The highest BCUT2D eigenvalue weighted by Gasteiger charge is 2.11. The Labute approximate surface area is 106 Å². The number of hydrogen-bond acceptors (Lipinski definition) is 4. The average molecular weight is 250 g/mol. The molecule has 0 aromatic heterocycles. The van der Waals surface area contributed by atoms with Gasteiger partial charge < -0.3 is 10.8 Å². The molecule has 1 rings (SSSR count). The predicted octanol–water partition coefficient (Wildman–Crippen LogP) is 1.20. The van der Waals surface area contributed by atoms with Crippen LogP contribution in [-0.4, -0.2) is 17.1 Å². The molecule has 0 saturated carbocycles. The summed E-state index contributed by atoms with van der Waals surface area (Å²) in [6.07, 6.45) is 0.320. The van der Waals surface area contributed by atoms with E-state index in [-0.39, 0.29) is 0 Å². The van der Waals surface area contributed by atoms with E-state index < -0.39 is 12.0 Å². The summed E-state index contributed by atoms with van der Waals surface area (Å²) in [5.74, 6) is -0.993. The maximum Gasteiger partial charge on any atom is 0.320 e. The number of carboxylic acid groups (broad SMARTS) is 1. The molecule has 1 aromatic carbocycles. The summed E-state index contributed by atoms with van der Waals surface area (Å²) in [4.78, 5) is 15.8. The molecular formula is C13H18N2O3. The Morgan fingerprint density at radius 1 is 1.44 bits per heavy atom. The molecule has 0 heterocycles. The highest BCUT2D eigenvalue weighted by molar-refractivity contribution is 5.73. The second-order valence-electron chi connectivity index (χ2n) is 4.14. The monoisotopic (exact) mass is 250 g/mol. The van der Waals surface area contributed by atoms with E-state index in [0.717, 1.165) is 16.8 Å². The molecule has 0 fully saturated rings. The Kier molecular flexibility index (Phi) is 5.35. The lowest BCUT2D eigenvalue weighted by Gasteiger charge is -2.08. The first kappa shape index (κ1) is 14.2. The van der Waals surface area contributed by atoms with Crippen LogP contribution in [0.15, 0.2) is 36.5 Å². The largest absolute Gasteiger partial charge is 0.480 e. The standard InChI is InChI=1S/C13H18N2O3/c1-9(2)15-18-8-11-5-3-10(4-6-11)7-12(14)13(16)17/h3-6,12,15H,1,7-8,14H2,2H3,(H,16,17). The second-order valence-corrected chi connectivity index (χ2v) is 4.14. The Balaban J connectivity index is 2.47. The van der Waals surface area contributed by atoms with Crippen molar-refractivity contribution in [2.45, 2.75) is 26.0 Å². The minimum absolute atomic E-state index is 0.320. The predicted molar refractivity (Wildman–Crippen MR) is 68.5 cm³/mol. The van der Waals surface area contributed by atoms with Crippen LogP contribution >= 0.6 is 0 Å². The molecule has 0 spiro atoms. The van der Waals surface area contributed by atoms with E-state index in [0.29, 0.717) is 13.0 Å². The second kappa shape index (κ2) is 6.78. The highest BCUT2D eigenvalue weighted by atomic mass is 16.6. The topological polar surface area (TPSA) is 84.6 Å². The van der Waals surface area contributed by atoms with Gasteiger partial charge in [-0.3, -0.25) is 15.1 Å². The lowest BCUT2D eigenvalue weighted by atomic mass is 10.1. The first-order valence-electron chi connectivity index (χ1n) is 5.58. The van der Waals surface area contributed by atoms with Crippen molar-refractivity contribution in [2.24, 2.45) is 5.73 Å². The quantitative estimate of drug-likeness (QED) is 0.633. The maximum absolute atomic E-state index is 10.6. The van der Waals surface area contributed by atoms with Crippen LogP contribution in [0.4, 0.5) is 0 Å². The Bertz CT molecular complexity index is 415. The van der Waals surface area contributed by atoms with E-state index in [9.17, 15) is 4.79 Å². The number of benzene rings is 1. The van der Waals surface area contributed by atoms with Gasteiger partial charge >= 0.3 is 5.97 Å². The molecule has 18 heavy (non-hydrogen) atoms. The van der Waals surface area contributed by atoms with Crippen molar-refractivity contribution in [1.82, 2.24) is 5.48 Å². The molecule has 1 atom stereocenters. The Morgan fingerprint density at radius 3 is 2.50 bits per heavy atom. The van der Waals surface area contributed by atoms with E-state index >= 15 is 0 Å². The van der Waals surface area contributed by atoms with Crippen molar-refractivity contribution in [1.29, 1.82) is 0 Å². The highest BCUT2D eigenvalue weighted by Crippen LogP contribution is 2.07. The lowest BCUT2D eigenvalue weighted by molar-refractivity contribution is -0.138. The smallest absolute Gasteiger partial charge is 0.320 e. The van der Waals surface area contributed by atoms with Crippen LogP contribution in [-0.2, 0) is 22.7 Å². The van der Waals surface area contributed by atoms with E-state index in [2.05, 4.69) is 12.1 Å². The van der Waals surface area contributed by atoms with Crippen LogP contribution in [0.25, 0.3) is 0 Å². The van der Waals surface area contributed by atoms with Gasteiger partial charge in [-0.25, -0.2) is 0 Å². The van der Waals surface area contributed by atoms with Crippen LogP contribution in [0.2, 0.25) is 0 Å². The van der Waals surface area contributed by atoms with Crippen molar-refractivity contribution in [2.75, 3.05) is 0 Å². The van der Waals surface area contributed by atoms with Gasteiger partial charge in [0.05, 0.1) is 6.61 Å². The van der Waals surface area contributed by atoms with Gasteiger partial charge in [0, 0.05) is 5.70 Å². The maximum atomic E-state index is 10.6. The fourth-order valence-electron chi connectivity index (χ4n) is 1.36. The fourth-order valence-corrected chi connectivity index (χ4v) is 1.36. The molecule has 0 saturated heterocycles. The molecule has 0 amide bonds. The van der Waals surface area contributed by atoms with Gasteiger partial charge in [0.1, 0.15) is 6.04 Å². The van der Waals surface area contributed by atoms with Gasteiger partial charge in [-0.05, 0) is 24.5 Å². The van der Waals surface area contributed by atoms with Gasteiger partial charge in [0.15, 0.2) is 0 Å². The normalized spacial score (nSPS) is 11.9. The molecule has 0 radical (unpaired) electrons. The van der Waals surface area contributed by atoms with Crippen LogP contribution < -0.4 is 11.2 Å². The lowest BCUT2D eigenvalue weighted by Crippen LogP contribution is -2.32. The van der Waals surface area contributed by atoms with Crippen molar-refractivity contribution in [3.8, 4) is 0 Å². The minimum Gasteiger partial charge on any atom is -0.480 e. The summed E-state index contributed by atoms with van der Waals surface area (Å²) >= 11 is 0. The molecule has 0 aliphatic heterocycles. The van der Waals surface area contributed by atoms with Crippen molar-refractivity contribution < 1.29 is 14.7 Å². The fraction of sp³-hybridized carbons (Fsp3) is 0.308. The molecule has 1 unspecified atom stereocenters. The van der Waals surface area contributed by atoms with Crippen LogP contribution in [0.1, 0.15) is 18.1 Å². The van der Waals surface area contributed by atoms with Gasteiger partial charge in [0.2, 0.25) is 0 Å². The number of carboxylic acids is 1. The summed E-state index contributed by atoms with van der Waals surface area (Å²) in [6.45, 7) is 5.86. The summed E-state index contributed by atoms with van der Waals surface area (Å²) < 4.78 is 0. The molecule has 0 aliphatic carbocycles. The van der Waals surface area contributed by atoms with Crippen LogP contribution in [0, 0.1) is 0 Å². The zero-order valence-corrected chi connectivity index (χ0v) is 10.3. The summed E-state index contributed by atoms with van der Waals surface area (Å²) in [5, 5.41) is 8.70. The molecule has 5 heteroatoms. The third kappa shape index (κ3) is 4.99. The third-order valence-corrected chi connectivity index (χ3v) is 2.28. The van der Waals surface area contributed by atoms with Gasteiger partial charge in [-0.15, -0.1) is 0 Å². The number of rotatable bonds is 7.